The summed E-state index contributed by atoms with van der Waals surface area (Å²) in [5.74, 6) is 0.759. The van der Waals surface area contributed by atoms with E-state index in [2.05, 4.69) is 26.8 Å². The second-order valence-corrected chi connectivity index (χ2v) is 10.8. The molecule has 0 radical (unpaired) electrons. The maximum atomic E-state index is 13.8. The third kappa shape index (κ3) is 5.01. The number of nitrogens with zero attached hydrogens (tertiary/aromatic N) is 2. The van der Waals surface area contributed by atoms with Crippen molar-refractivity contribution < 1.29 is 14.1 Å². The second-order valence-electron chi connectivity index (χ2n) is 10.8. The smallest absolute Gasteiger partial charge is 0.314 e. The molecule has 2 amide bonds. The van der Waals surface area contributed by atoms with Crippen LogP contribution in [0.4, 0.5) is 0 Å². The first-order chi connectivity index (χ1) is 15.8. The molecular formula is C28H42N3O2+. The van der Waals surface area contributed by atoms with E-state index in [-0.39, 0.29) is 29.8 Å². The number of nitriles is 1. The summed E-state index contributed by atoms with van der Waals surface area (Å²) in [7, 11) is 0. The number of unbranched alkanes of at least 4 members (excludes halogenated alkanes) is 1. The Hall–Kier alpha value is -2.19. The molecule has 1 aromatic carbocycles. The molecule has 1 heterocycles. The van der Waals surface area contributed by atoms with Crippen molar-refractivity contribution in [2.24, 2.45) is 17.6 Å². The van der Waals surface area contributed by atoms with E-state index in [0.717, 1.165) is 69.9 Å². The summed E-state index contributed by atoms with van der Waals surface area (Å²) in [4.78, 5) is 26.1. The number of benzene rings is 1. The van der Waals surface area contributed by atoms with Crippen LogP contribution < -0.4 is 5.73 Å². The normalized spacial score (nSPS) is 29.4. The fourth-order valence-corrected chi connectivity index (χ4v) is 6.58. The number of likely N-dealkylation sites (tertiary alicyclic amines) is 1. The van der Waals surface area contributed by atoms with Gasteiger partial charge < -0.3 is 5.73 Å². The Balaban J connectivity index is 1.71. The van der Waals surface area contributed by atoms with Gasteiger partial charge in [0.2, 0.25) is 0 Å². The van der Waals surface area contributed by atoms with Gasteiger partial charge in [0.25, 0.3) is 5.91 Å². The molecular weight excluding hydrogens is 410 g/mol. The Morgan fingerprint density at radius 3 is 2.36 bits per heavy atom. The third-order valence-electron chi connectivity index (χ3n) is 8.68. The number of amides is 2. The topological polar surface area (TPSA) is 83.9 Å². The number of hydrogen-bond acceptors (Lipinski definition) is 3. The van der Waals surface area contributed by atoms with E-state index >= 15 is 0 Å². The van der Waals surface area contributed by atoms with E-state index in [1.807, 2.05) is 30.3 Å². The van der Waals surface area contributed by atoms with Crippen LogP contribution in [-0.4, -0.2) is 34.9 Å². The predicted octanol–water partition coefficient (Wildman–Crippen LogP) is 5.23. The molecule has 2 fully saturated rings. The summed E-state index contributed by atoms with van der Waals surface area (Å²) in [5.41, 5.74) is 6.35. The van der Waals surface area contributed by atoms with E-state index < -0.39 is 5.41 Å². The van der Waals surface area contributed by atoms with Gasteiger partial charge in [0.1, 0.15) is 0 Å². The Morgan fingerprint density at radius 1 is 1.12 bits per heavy atom. The van der Waals surface area contributed by atoms with Gasteiger partial charge in [-0.2, -0.15) is 5.26 Å². The SMILES string of the molecule is CC1CCC([N@+]2(C(=O)CCCC[C@@](C#N)(c3ccccc3)C(C)C)CCCC2C(N)=O)CC1. The number of carbonyl (C=O) groups is 2. The van der Waals surface area contributed by atoms with Gasteiger partial charge >= 0.3 is 5.91 Å². The van der Waals surface area contributed by atoms with E-state index in [0.29, 0.717) is 16.8 Å². The summed E-state index contributed by atoms with van der Waals surface area (Å²) >= 11 is 0. The van der Waals surface area contributed by atoms with Gasteiger partial charge in [-0.25, -0.2) is 9.28 Å². The summed E-state index contributed by atoms with van der Waals surface area (Å²) in [6.07, 6.45) is 8.65. The molecule has 0 bridgehead atoms. The zero-order valence-corrected chi connectivity index (χ0v) is 20.8. The Labute approximate surface area is 199 Å². The highest BCUT2D eigenvalue weighted by molar-refractivity contribution is 5.82. The number of hydrogen-bond donors (Lipinski definition) is 1. The lowest BCUT2D eigenvalue weighted by molar-refractivity contribution is -0.884. The van der Waals surface area contributed by atoms with Gasteiger partial charge in [-0.1, -0.05) is 57.5 Å². The van der Waals surface area contributed by atoms with Gasteiger partial charge in [0, 0.05) is 25.7 Å². The fourth-order valence-electron chi connectivity index (χ4n) is 6.58. The van der Waals surface area contributed by atoms with Crippen molar-refractivity contribution in [1.29, 1.82) is 5.26 Å². The summed E-state index contributed by atoms with van der Waals surface area (Å²) < 4.78 is 0.300. The fraction of sp³-hybridized carbons (Fsp3) is 0.679. The van der Waals surface area contributed by atoms with Crippen LogP contribution in [0.15, 0.2) is 30.3 Å². The summed E-state index contributed by atoms with van der Waals surface area (Å²) in [6.45, 7) is 7.24. The molecule has 180 valence electrons. The van der Waals surface area contributed by atoms with Crippen LogP contribution in [-0.2, 0) is 15.0 Å². The number of carbonyl (C=O) groups excluding carboxylic acids is 2. The van der Waals surface area contributed by atoms with Crippen LogP contribution in [0, 0.1) is 23.2 Å². The van der Waals surface area contributed by atoms with Crippen molar-refractivity contribution in [2.75, 3.05) is 6.54 Å². The molecule has 5 nitrogen and oxygen atoms in total. The van der Waals surface area contributed by atoms with E-state index in [4.69, 9.17) is 5.73 Å². The van der Waals surface area contributed by atoms with Gasteiger partial charge in [0.15, 0.2) is 6.04 Å². The molecule has 1 aromatic rings. The predicted molar refractivity (Wildman–Crippen MR) is 131 cm³/mol. The molecule has 3 rings (SSSR count). The number of rotatable bonds is 9. The van der Waals surface area contributed by atoms with Crippen molar-refractivity contribution >= 4 is 11.8 Å². The number of primary amides is 1. The summed E-state index contributed by atoms with van der Waals surface area (Å²) in [5, 5.41) is 10.1. The third-order valence-corrected chi connectivity index (χ3v) is 8.68. The lowest BCUT2D eigenvalue weighted by atomic mass is 9.69. The van der Waals surface area contributed by atoms with Gasteiger partial charge in [0.05, 0.1) is 30.5 Å². The lowest BCUT2D eigenvalue weighted by Gasteiger charge is -2.45. The van der Waals surface area contributed by atoms with Crippen molar-refractivity contribution in [3.63, 3.8) is 0 Å². The molecule has 5 heteroatoms. The Kier molecular flexibility index (Phi) is 8.34. The first-order valence-electron chi connectivity index (χ1n) is 12.9. The molecule has 1 aliphatic carbocycles. The largest absolute Gasteiger partial charge is 0.364 e. The maximum absolute atomic E-state index is 13.8. The lowest BCUT2D eigenvalue weighted by Crippen LogP contribution is -2.65. The quantitative estimate of drug-likeness (QED) is 0.411. The molecule has 0 spiro atoms. The van der Waals surface area contributed by atoms with Crippen LogP contribution >= 0.6 is 0 Å². The highest BCUT2D eigenvalue weighted by Gasteiger charge is 2.55. The Bertz CT molecular complexity index is 854. The van der Waals surface area contributed by atoms with Crippen molar-refractivity contribution in [2.45, 2.75) is 102 Å². The molecule has 33 heavy (non-hydrogen) atoms. The average Bonchev–Trinajstić information content (AvgIpc) is 3.27. The van der Waals surface area contributed by atoms with Crippen LogP contribution in [0.3, 0.4) is 0 Å². The molecule has 1 unspecified atom stereocenters. The molecule has 0 aromatic heterocycles. The van der Waals surface area contributed by atoms with Gasteiger partial charge in [-0.15, -0.1) is 0 Å². The number of quaternary nitrogens is 1. The minimum Gasteiger partial charge on any atom is -0.364 e. The van der Waals surface area contributed by atoms with E-state index in [1.54, 1.807) is 0 Å². The standard InChI is InChI=1S/C28H41N3O2/c1-21(2)28(20-29,23-10-5-4-6-11-23)18-8-7-13-26(32)31(19-9-12-25(31)27(30)33)24-16-14-22(3)15-17-24/h4-6,10-11,21-22,24-25H,7-9,12-19H2,1-3H3,(H-,30,33)/p+1/t22?,24?,25?,28-,31+/m0/s1. The van der Waals surface area contributed by atoms with E-state index in [9.17, 15) is 14.9 Å². The minimum atomic E-state index is -0.542. The molecule has 2 N–H and O–H groups in total. The Morgan fingerprint density at radius 2 is 1.79 bits per heavy atom. The highest BCUT2D eigenvalue weighted by atomic mass is 16.2. The molecule has 1 aliphatic heterocycles. The van der Waals surface area contributed by atoms with Crippen molar-refractivity contribution in [3.05, 3.63) is 35.9 Å². The van der Waals surface area contributed by atoms with Crippen LogP contribution in [0.5, 0.6) is 0 Å². The second kappa shape index (κ2) is 10.8. The minimum absolute atomic E-state index is 0.182. The first-order valence-corrected chi connectivity index (χ1v) is 12.9. The van der Waals surface area contributed by atoms with Crippen LogP contribution in [0.1, 0.15) is 90.5 Å². The van der Waals surface area contributed by atoms with Gasteiger partial charge in [-0.05, 0) is 43.1 Å². The number of nitrogens with two attached hydrogens (primary N) is 1. The molecule has 1 saturated heterocycles. The average molecular weight is 453 g/mol. The van der Waals surface area contributed by atoms with Crippen molar-refractivity contribution in [1.82, 2.24) is 0 Å². The zero-order chi connectivity index (χ0) is 24.1. The van der Waals surface area contributed by atoms with E-state index in [1.165, 1.54) is 0 Å². The molecule has 3 atom stereocenters. The van der Waals surface area contributed by atoms with Crippen LogP contribution in [0.25, 0.3) is 0 Å². The maximum Gasteiger partial charge on any atom is 0.314 e. The molecule has 1 saturated carbocycles. The zero-order valence-electron chi connectivity index (χ0n) is 20.8. The summed E-state index contributed by atoms with van der Waals surface area (Å²) in [6, 6.07) is 12.5. The van der Waals surface area contributed by atoms with Crippen molar-refractivity contribution in [3.8, 4) is 6.07 Å². The first kappa shape index (κ1) is 25.4. The van der Waals surface area contributed by atoms with Crippen LogP contribution in [0.2, 0.25) is 0 Å². The molecule has 2 aliphatic rings. The highest BCUT2D eigenvalue weighted by Crippen LogP contribution is 2.41. The monoisotopic (exact) mass is 452 g/mol. The van der Waals surface area contributed by atoms with Gasteiger partial charge in [-0.3, -0.25) is 4.79 Å².